The van der Waals surface area contributed by atoms with Crippen molar-refractivity contribution < 1.29 is 0 Å². The number of hydrogen-bond donors (Lipinski definition) is 1. The molecular formula is C8H20N2. The van der Waals surface area contributed by atoms with Gasteiger partial charge in [0.1, 0.15) is 0 Å². The zero-order valence-electron chi connectivity index (χ0n) is 7.59. The van der Waals surface area contributed by atoms with E-state index in [1.165, 1.54) is 6.42 Å². The lowest BCUT2D eigenvalue weighted by atomic mass is 10.0. The van der Waals surface area contributed by atoms with Gasteiger partial charge < -0.3 is 5.73 Å². The molecule has 0 aromatic heterocycles. The smallest absolute Gasteiger partial charge is 0.0569 e. The van der Waals surface area contributed by atoms with Crippen molar-refractivity contribution >= 4 is 0 Å². The summed E-state index contributed by atoms with van der Waals surface area (Å²) in [5.41, 5.74) is 5.82. The summed E-state index contributed by atoms with van der Waals surface area (Å²) in [6.07, 6.45) is 2.56. The summed E-state index contributed by atoms with van der Waals surface area (Å²) >= 11 is 0. The van der Waals surface area contributed by atoms with E-state index in [0.29, 0.717) is 0 Å². The van der Waals surface area contributed by atoms with Crippen LogP contribution in [0.2, 0.25) is 0 Å². The van der Waals surface area contributed by atoms with E-state index in [9.17, 15) is 0 Å². The third-order valence-corrected chi connectivity index (χ3v) is 2.00. The van der Waals surface area contributed by atoms with Crippen LogP contribution in [0.3, 0.4) is 0 Å². The molecule has 0 saturated carbocycles. The largest absolute Gasteiger partial charge is 0.316 e. The third kappa shape index (κ3) is 3.85. The highest BCUT2D eigenvalue weighted by Crippen LogP contribution is 2.08. The zero-order valence-corrected chi connectivity index (χ0v) is 7.59. The normalized spacial score (nSPS) is 17.4. The lowest BCUT2D eigenvalue weighted by Gasteiger charge is -2.22. The van der Waals surface area contributed by atoms with E-state index in [4.69, 9.17) is 5.73 Å². The van der Waals surface area contributed by atoms with Gasteiger partial charge in [0.05, 0.1) is 6.17 Å². The molecule has 2 atom stereocenters. The first-order chi connectivity index (χ1) is 4.57. The van der Waals surface area contributed by atoms with Gasteiger partial charge in [-0.3, -0.25) is 4.90 Å². The Morgan fingerprint density at radius 3 is 2.20 bits per heavy atom. The fourth-order valence-electron chi connectivity index (χ4n) is 0.790. The molecule has 0 fully saturated rings. The molecule has 2 nitrogen and oxygen atoms in total. The van der Waals surface area contributed by atoms with E-state index in [1.54, 1.807) is 0 Å². The van der Waals surface area contributed by atoms with Crippen molar-refractivity contribution in [2.24, 2.45) is 11.7 Å². The van der Waals surface area contributed by atoms with Gasteiger partial charge in [0, 0.05) is 0 Å². The van der Waals surface area contributed by atoms with Crippen molar-refractivity contribution in [3.05, 3.63) is 0 Å². The minimum Gasteiger partial charge on any atom is -0.316 e. The molecule has 0 bridgehead atoms. The summed E-state index contributed by atoms with van der Waals surface area (Å²) in [6.45, 7) is 4.44. The Kier molecular flexibility index (Phi) is 4.65. The van der Waals surface area contributed by atoms with Gasteiger partial charge in [0.2, 0.25) is 0 Å². The van der Waals surface area contributed by atoms with Crippen LogP contribution in [0.15, 0.2) is 0 Å². The van der Waals surface area contributed by atoms with E-state index >= 15 is 0 Å². The molecule has 62 valence electrons. The first-order valence-corrected chi connectivity index (χ1v) is 4.00. The van der Waals surface area contributed by atoms with Crippen LogP contribution in [0.4, 0.5) is 0 Å². The highest BCUT2D eigenvalue weighted by molar-refractivity contribution is 4.61. The summed E-state index contributed by atoms with van der Waals surface area (Å²) in [7, 11) is 4.04. The van der Waals surface area contributed by atoms with Crippen LogP contribution in [0.1, 0.15) is 26.7 Å². The Hall–Kier alpha value is -0.0800. The molecule has 2 N–H and O–H groups in total. The van der Waals surface area contributed by atoms with Crippen LogP contribution in [0.5, 0.6) is 0 Å². The van der Waals surface area contributed by atoms with E-state index in [2.05, 4.69) is 18.7 Å². The maximum atomic E-state index is 5.82. The molecule has 0 heterocycles. The standard InChI is InChI=1S/C8H20N2/c1-5-7(2)6-8(9)10(3)4/h7-8H,5-6,9H2,1-4H3. The van der Waals surface area contributed by atoms with E-state index in [-0.39, 0.29) is 6.17 Å². The summed E-state index contributed by atoms with van der Waals surface area (Å²) in [4.78, 5) is 2.06. The molecule has 2 unspecified atom stereocenters. The fraction of sp³-hybridized carbons (Fsp3) is 1.00. The molecule has 0 spiro atoms. The maximum Gasteiger partial charge on any atom is 0.0569 e. The van der Waals surface area contributed by atoms with Crippen LogP contribution < -0.4 is 5.73 Å². The second-order valence-electron chi connectivity index (χ2n) is 3.28. The first-order valence-electron chi connectivity index (χ1n) is 4.00. The van der Waals surface area contributed by atoms with E-state index < -0.39 is 0 Å². The van der Waals surface area contributed by atoms with Crippen LogP contribution in [0.25, 0.3) is 0 Å². The molecule has 0 rings (SSSR count). The zero-order chi connectivity index (χ0) is 8.15. The molecule has 0 aromatic rings. The fourth-order valence-corrected chi connectivity index (χ4v) is 0.790. The Balaban J connectivity index is 3.46. The van der Waals surface area contributed by atoms with Crippen molar-refractivity contribution in [1.82, 2.24) is 4.90 Å². The Bertz CT molecular complexity index is 81.3. The van der Waals surface area contributed by atoms with Crippen LogP contribution >= 0.6 is 0 Å². The van der Waals surface area contributed by atoms with Crippen molar-refractivity contribution in [3.63, 3.8) is 0 Å². The molecule has 0 aliphatic heterocycles. The average Bonchev–Trinajstić information content (AvgIpc) is 1.87. The molecule has 0 amide bonds. The molecule has 0 radical (unpaired) electrons. The quantitative estimate of drug-likeness (QED) is 0.602. The molecule has 2 heteroatoms. The van der Waals surface area contributed by atoms with Crippen LogP contribution in [0, 0.1) is 5.92 Å². The van der Waals surface area contributed by atoms with E-state index in [0.717, 1.165) is 12.3 Å². The maximum absolute atomic E-state index is 5.82. The SMILES string of the molecule is CCC(C)CC(N)N(C)C. The highest BCUT2D eigenvalue weighted by atomic mass is 15.2. The molecule has 10 heavy (non-hydrogen) atoms. The second-order valence-corrected chi connectivity index (χ2v) is 3.28. The van der Waals surface area contributed by atoms with Crippen molar-refractivity contribution in [2.45, 2.75) is 32.9 Å². The number of nitrogens with two attached hydrogens (primary N) is 1. The topological polar surface area (TPSA) is 29.3 Å². The summed E-state index contributed by atoms with van der Waals surface area (Å²) in [5.74, 6) is 0.748. The number of rotatable bonds is 4. The summed E-state index contributed by atoms with van der Waals surface area (Å²) in [5, 5.41) is 0. The minimum atomic E-state index is 0.231. The van der Waals surface area contributed by atoms with Gasteiger partial charge in [-0.2, -0.15) is 0 Å². The van der Waals surface area contributed by atoms with E-state index in [1.807, 2.05) is 14.1 Å². The number of nitrogens with zero attached hydrogens (tertiary/aromatic N) is 1. The molecule has 0 aliphatic rings. The van der Waals surface area contributed by atoms with Crippen molar-refractivity contribution in [2.75, 3.05) is 14.1 Å². The van der Waals surface area contributed by atoms with Crippen molar-refractivity contribution in [1.29, 1.82) is 0 Å². The van der Waals surface area contributed by atoms with Gasteiger partial charge in [-0.15, -0.1) is 0 Å². The minimum absolute atomic E-state index is 0.231. The predicted molar refractivity (Wildman–Crippen MR) is 45.7 cm³/mol. The Morgan fingerprint density at radius 1 is 1.40 bits per heavy atom. The summed E-state index contributed by atoms with van der Waals surface area (Å²) < 4.78 is 0. The van der Waals surface area contributed by atoms with Crippen LogP contribution in [-0.2, 0) is 0 Å². The van der Waals surface area contributed by atoms with Gasteiger partial charge in [-0.1, -0.05) is 20.3 Å². The Morgan fingerprint density at radius 2 is 1.90 bits per heavy atom. The third-order valence-electron chi connectivity index (χ3n) is 2.00. The first kappa shape index (κ1) is 9.92. The average molecular weight is 144 g/mol. The lowest BCUT2D eigenvalue weighted by Crippen LogP contribution is -2.37. The lowest BCUT2D eigenvalue weighted by molar-refractivity contribution is 0.253. The van der Waals surface area contributed by atoms with Gasteiger partial charge >= 0.3 is 0 Å². The summed E-state index contributed by atoms with van der Waals surface area (Å²) in [6, 6.07) is 0. The van der Waals surface area contributed by atoms with Gasteiger partial charge in [0.25, 0.3) is 0 Å². The predicted octanol–water partition coefficient (Wildman–Crippen LogP) is 1.27. The van der Waals surface area contributed by atoms with Gasteiger partial charge in [0.15, 0.2) is 0 Å². The second kappa shape index (κ2) is 4.69. The highest BCUT2D eigenvalue weighted by Gasteiger charge is 2.08. The molecule has 0 saturated heterocycles. The molecule has 0 aromatic carbocycles. The Labute approximate surface area is 64.4 Å². The molecular weight excluding hydrogens is 124 g/mol. The molecule has 0 aliphatic carbocycles. The van der Waals surface area contributed by atoms with Gasteiger partial charge in [-0.05, 0) is 26.4 Å². The van der Waals surface area contributed by atoms with Crippen LogP contribution in [-0.4, -0.2) is 25.2 Å². The van der Waals surface area contributed by atoms with Gasteiger partial charge in [-0.25, -0.2) is 0 Å². The monoisotopic (exact) mass is 144 g/mol. The number of hydrogen-bond acceptors (Lipinski definition) is 2. The van der Waals surface area contributed by atoms with Crippen molar-refractivity contribution in [3.8, 4) is 0 Å².